The first-order chi connectivity index (χ1) is 8.60. The Bertz CT molecular complexity index is 395. The van der Waals surface area contributed by atoms with Crippen LogP contribution in [-0.2, 0) is 13.3 Å². The topological polar surface area (TPSA) is 46.2 Å². The number of hydrogen-bond acceptors (Lipinski definition) is 5. The molecule has 0 N–H and O–H groups in total. The highest BCUT2D eigenvalue weighted by molar-refractivity contribution is 6.76. The molecule has 1 aromatic rings. The number of ether oxygens (including phenoxy) is 2. The van der Waals surface area contributed by atoms with Gasteiger partial charge in [0.25, 0.3) is 0 Å². The Balaban J connectivity index is 3.48. The number of rotatable bonds is 6. The van der Waals surface area contributed by atoms with Gasteiger partial charge in [0.2, 0.25) is 0 Å². The molecule has 0 spiro atoms. The van der Waals surface area contributed by atoms with Crippen molar-refractivity contribution in [1.82, 2.24) is 0 Å². The molecule has 0 radical (unpaired) electrons. The van der Waals surface area contributed by atoms with Crippen molar-refractivity contribution in [2.24, 2.45) is 0 Å². The summed E-state index contributed by atoms with van der Waals surface area (Å²) in [6, 6.07) is 3.81. The predicted octanol–water partition coefficient (Wildman–Crippen LogP) is 1.10. The molecule has 5 nitrogen and oxygen atoms in total. The van der Waals surface area contributed by atoms with Crippen molar-refractivity contribution in [2.75, 3.05) is 35.5 Å². The lowest BCUT2D eigenvalue weighted by Gasteiger charge is -2.27. The molecule has 0 aliphatic carbocycles. The average molecular weight is 272 g/mol. The smallest absolute Gasteiger partial charge is 0.493 e. The molecule has 0 aromatic heterocycles. The molecule has 0 fully saturated rings. The minimum atomic E-state index is -2.93. The number of methoxy groups -OCH3 is 2. The lowest BCUT2D eigenvalue weighted by molar-refractivity contribution is 0.139. The minimum Gasteiger partial charge on any atom is -0.493 e. The molecule has 0 amide bonds. The van der Waals surface area contributed by atoms with E-state index >= 15 is 0 Å². The predicted molar refractivity (Wildman–Crippen MR) is 70.7 cm³/mol. The molecule has 0 atom stereocenters. The quantitative estimate of drug-likeness (QED) is 0.726. The fourth-order valence-corrected chi connectivity index (χ4v) is 3.88. The average Bonchev–Trinajstić information content (AvgIpc) is 2.42. The lowest BCUT2D eigenvalue weighted by Crippen LogP contribution is -2.55. The highest BCUT2D eigenvalue weighted by Crippen LogP contribution is 2.31. The van der Waals surface area contributed by atoms with E-state index in [1.807, 2.05) is 19.1 Å². The normalized spacial score (nSPS) is 11.4. The molecule has 0 saturated heterocycles. The van der Waals surface area contributed by atoms with Gasteiger partial charge in [0.1, 0.15) is 0 Å². The van der Waals surface area contributed by atoms with Gasteiger partial charge in [-0.15, -0.1) is 0 Å². The Morgan fingerprint density at radius 3 is 1.67 bits per heavy atom. The van der Waals surface area contributed by atoms with Crippen LogP contribution in [0.3, 0.4) is 0 Å². The van der Waals surface area contributed by atoms with Gasteiger partial charge in [0, 0.05) is 21.3 Å². The van der Waals surface area contributed by atoms with Gasteiger partial charge >= 0.3 is 8.80 Å². The fourth-order valence-electron chi connectivity index (χ4n) is 1.94. The van der Waals surface area contributed by atoms with Crippen molar-refractivity contribution in [3.05, 3.63) is 17.7 Å². The largest absolute Gasteiger partial charge is 0.540 e. The Labute approximate surface area is 109 Å². The highest BCUT2D eigenvalue weighted by atomic mass is 28.4. The van der Waals surface area contributed by atoms with Crippen molar-refractivity contribution in [1.29, 1.82) is 0 Å². The minimum absolute atomic E-state index is 0.592. The van der Waals surface area contributed by atoms with E-state index in [-0.39, 0.29) is 0 Å². The molecule has 0 bridgehead atoms. The van der Waals surface area contributed by atoms with E-state index in [4.69, 9.17) is 22.8 Å². The summed E-state index contributed by atoms with van der Waals surface area (Å²) in [5.74, 6) is 1.26. The van der Waals surface area contributed by atoms with Crippen LogP contribution in [0, 0.1) is 6.92 Å². The highest BCUT2D eigenvalue weighted by Gasteiger charge is 2.44. The van der Waals surface area contributed by atoms with Gasteiger partial charge in [-0.3, -0.25) is 0 Å². The van der Waals surface area contributed by atoms with E-state index in [1.165, 1.54) is 0 Å². The molecular weight excluding hydrogens is 252 g/mol. The Hall–Kier alpha value is -1.08. The third kappa shape index (κ3) is 2.37. The zero-order valence-corrected chi connectivity index (χ0v) is 12.7. The van der Waals surface area contributed by atoms with Gasteiger partial charge < -0.3 is 22.8 Å². The monoisotopic (exact) mass is 272 g/mol. The maximum atomic E-state index is 5.46. The van der Waals surface area contributed by atoms with Crippen molar-refractivity contribution in [3.63, 3.8) is 0 Å². The van der Waals surface area contributed by atoms with E-state index in [0.717, 1.165) is 10.8 Å². The molecular formula is C12H20O5Si. The van der Waals surface area contributed by atoms with E-state index < -0.39 is 8.80 Å². The summed E-state index contributed by atoms with van der Waals surface area (Å²) >= 11 is 0. The SMILES string of the molecule is COc1c(C)ccc([Si](OC)(OC)OC)c1OC. The first-order valence-electron chi connectivity index (χ1n) is 5.47. The van der Waals surface area contributed by atoms with Crippen LogP contribution in [0.15, 0.2) is 12.1 Å². The second-order valence-corrected chi connectivity index (χ2v) is 6.54. The van der Waals surface area contributed by atoms with Crippen molar-refractivity contribution in [3.8, 4) is 11.5 Å². The second-order valence-electron chi connectivity index (χ2n) is 3.67. The molecule has 1 rings (SSSR count). The first-order valence-corrected chi connectivity index (χ1v) is 7.20. The molecule has 0 aliphatic rings. The van der Waals surface area contributed by atoms with Crippen LogP contribution < -0.4 is 14.7 Å². The van der Waals surface area contributed by atoms with Crippen molar-refractivity contribution in [2.45, 2.75) is 6.92 Å². The molecule has 1 aromatic carbocycles. The molecule has 0 aliphatic heterocycles. The number of aryl methyl sites for hydroxylation is 1. The van der Waals surface area contributed by atoms with E-state index in [1.54, 1.807) is 35.5 Å². The maximum Gasteiger partial charge on any atom is 0.540 e. The molecule has 0 heterocycles. The summed E-state index contributed by atoms with van der Waals surface area (Å²) in [4.78, 5) is 0. The van der Waals surface area contributed by atoms with E-state index in [2.05, 4.69) is 0 Å². The number of hydrogen-bond donors (Lipinski definition) is 0. The van der Waals surface area contributed by atoms with Crippen molar-refractivity contribution >= 4 is 14.0 Å². The molecule has 0 saturated carbocycles. The Morgan fingerprint density at radius 1 is 0.778 bits per heavy atom. The van der Waals surface area contributed by atoms with Gasteiger partial charge in [0.05, 0.1) is 19.4 Å². The van der Waals surface area contributed by atoms with E-state index in [9.17, 15) is 0 Å². The summed E-state index contributed by atoms with van der Waals surface area (Å²) < 4.78 is 27.2. The standard InChI is InChI=1S/C12H20O5Si/c1-9-7-8-10(12(14-3)11(9)13-2)18(15-4,16-5)17-6/h7-8H,1-6H3. The van der Waals surface area contributed by atoms with Crippen LogP contribution in [0.4, 0.5) is 0 Å². The van der Waals surface area contributed by atoms with E-state index in [0.29, 0.717) is 11.5 Å². The zero-order chi connectivity index (χ0) is 13.8. The van der Waals surface area contributed by atoms with Crippen LogP contribution in [0.1, 0.15) is 5.56 Å². The summed E-state index contributed by atoms with van der Waals surface area (Å²) in [6.45, 7) is 1.95. The van der Waals surface area contributed by atoms with Crippen molar-refractivity contribution < 1.29 is 22.8 Å². The lowest BCUT2D eigenvalue weighted by atomic mass is 10.2. The molecule has 102 valence electrons. The van der Waals surface area contributed by atoms with Crippen LogP contribution in [0.25, 0.3) is 0 Å². The van der Waals surface area contributed by atoms with Crippen LogP contribution in [-0.4, -0.2) is 44.4 Å². The zero-order valence-electron chi connectivity index (χ0n) is 11.7. The van der Waals surface area contributed by atoms with Gasteiger partial charge in [0.15, 0.2) is 11.5 Å². The molecule has 6 heteroatoms. The second kappa shape index (κ2) is 6.19. The fraction of sp³-hybridized carbons (Fsp3) is 0.500. The molecule has 0 unspecified atom stereocenters. The third-order valence-electron chi connectivity index (χ3n) is 2.85. The van der Waals surface area contributed by atoms with Gasteiger partial charge in [-0.25, -0.2) is 0 Å². The van der Waals surface area contributed by atoms with Crippen LogP contribution in [0.2, 0.25) is 0 Å². The number of benzene rings is 1. The Morgan fingerprint density at radius 2 is 1.28 bits per heavy atom. The summed E-state index contributed by atoms with van der Waals surface area (Å²) in [7, 11) is 4.93. The summed E-state index contributed by atoms with van der Waals surface area (Å²) in [5.41, 5.74) is 0.976. The third-order valence-corrected chi connectivity index (χ3v) is 5.52. The maximum absolute atomic E-state index is 5.46. The Kier molecular flexibility index (Phi) is 5.15. The molecule has 18 heavy (non-hydrogen) atoms. The van der Waals surface area contributed by atoms with Gasteiger partial charge in [-0.1, -0.05) is 12.1 Å². The van der Waals surface area contributed by atoms with Crippen LogP contribution in [0.5, 0.6) is 11.5 Å². The summed E-state index contributed by atoms with van der Waals surface area (Å²) in [5, 5.41) is 0.750. The van der Waals surface area contributed by atoms with Gasteiger partial charge in [-0.2, -0.15) is 0 Å². The van der Waals surface area contributed by atoms with Crippen LogP contribution >= 0.6 is 0 Å². The summed E-state index contributed by atoms with van der Waals surface area (Å²) in [6.07, 6.45) is 0. The first kappa shape index (κ1) is 15.0. The van der Waals surface area contributed by atoms with Gasteiger partial charge in [-0.05, 0) is 12.5 Å².